The van der Waals surface area contributed by atoms with Gasteiger partial charge in [0.25, 0.3) is 11.8 Å². The summed E-state index contributed by atoms with van der Waals surface area (Å²) in [6.07, 6.45) is 0.0929. The van der Waals surface area contributed by atoms with E-state index in [9.17, 15) is 14.4 Å². The smallest absolute Gasteiger partial charge is 0.307 e. The van der Waals surface area contributed by atoms with Crippen molar-refractivity contribution in [2.75, 3.05) is 19.0 Å². The molecule has 1 N–H and O–H groups in total. The molecule has 6 nitrogen and oxygen atoms in total. The summed E-state index contributed by atoms with van der Waals surface area (Å²) < 4.78 is 4.73. The average Bonchev–Trinajstić information content (AvgIpc) is 3.16. The van der Waals surface area contributed by atoms with Crippen LogP contribution in [0.1, 0.15) is 37.6 Å². The highest BCUT2D eigenvalue weighted by Gasteiger charge is 2.22. The van der Waals surface area contributed by atoms with Gasteiger partial charge in [-0.1, -0.05) is 54.1 Å². The summed E-state index contributed by atoms with van der Waals surface area (Å²) in [5, 5.41) is 3.71. The number of hydrogen-bond acceptors (Lipinski definition) is 5. The van der Waals surface area contributed by atoms with Gasteiger partial charge in [0.15, 0.2) is 0 Å². The minimum Gasteiger partial charge on any atom is -0.469 e. The second-order valence-electron chi connectivity index (χ2n) is 7.10. The van der Waals surface area contributed by atoms with Crippen LogP contribution in [0.2, 0.25) is 5.02 Å². The summed E-state index contributed by atoms with van der Waals surface area (Å²) >= 11 is 7.30. The van der Waals surface area contributed by atoms with E-state index in [0.717, 1.165) is 11.1 Å². The second kappa shape index (κ2) is 10.9. The van der Waals surface area contributed by atoms with Crippen LogP contribution in [0.25, 0.3) is 0 Å². The minimum absolute atomic E-state index is 0.0929. The molecule has 8 heteroatoms. The van der Waals surface area contributed by atoms with Crippen molar-refractivity contribution in [3.63, 3.8) is 0 Å². The first-order valence-electron chi connectivity index (χ1n) is 9.95. The van der Waals surface area contributed by atoms with Crippen molar-refractivity contribution in [3.8, 4) is 0 Å². The zero-order valence-corrected chi connectivity index (χ0v) is 19.3. The van der Waals surface area contributed by atoms with Crippen LogP contribution in [-0.2, 0) is 16.1 Å². The van der Waals surface area contributed by atoms with Gasteiger partial charge >= 0.3 is 5.97 Å². The number of carbonyl (C=O) groups excluding carboxylic acids is 3. The molecule has 3 aromatic rings. The van der Waals surface area contributed by atoms with Gasteiger partial charge in [0, 0.05) is 13.1 Å². The van der Waals surface area contributed by atoms with Crippen molar-refractivity contribution in [1.82, 2.24) is 4.90 Å². The normalized spacial score (nSPS) is 10.5. The molecule has 0 atom stereocenters. The van der Waals surface area contributed by atoms with Crippen LogP contribution in [-0.4, -0.2) is 36.3 Å². The van der Waals surface area contributed by atoms with Crippen LogP contribution in [0.4, 0.5) is 5.00 Å². The Morgan fingerprint density at radius 1 is 1.06 bits per heavy atom. The maximum Gasteiger partial charge on any atom is 0.307 e. The van der Waals surface area contributed by atoms with E-state index in [2.05, 4.69) is 5.32 Å². The Hall–Kier alpha value is -3.16. The zero-order chi connectivity index (χ0) is 23.1. The molecule has 3 rings (SSSR count). The van der Waals surface area contributed by atoms with E-state index >= 15 is 0 Å². The summed E-state index contributed by atoms with van der Waals surface area (Å²) in [6.45, 7) is 2.39. The number of thiophene rings is 1. The van der Waals surface area contributed by atoms with Gasteiger partial charge in [0.1, 0.15) is 0 Å². The van der Waals surface area contributed by atoms with E-state index in [1.54, 1.807) is 35.2 Å². The van der Waals surface area contributed by atoms with Gasteiger partial charge in [0.05, 0.1) is 34.0 Å². The SMILES string of the molecule is COC(=O)CCN(Cc1ccccc1)C(=O)c1sc(NC(=O)c2ccccc2Cl)cc1C. The molecule has 2 amide bonds. The van der Waals surface area contributed by atoms with Gasteiger partial charge in [-0.2, -0.15) is 0 Å². The number of esters is 1. The van der Waals surface area contributed by atoms with Crippen molar-refractivity contribution in [2.45, 2.75) is 19.9 Å². The fourth-order valence-corrected chi connectivity index (χ4v) is 4.37. The quantitative estimate of drug-likeness (QED) is 0.461. The van der Waals surface area contributed by atoms with Crippen LogP contribution >= 0.6 is 22.9 Å². The van der Waals surface area contributed by atoms with Crippen LogP contribution < -0.4 is 5.32 Å². The van der Waals surface area contributed by atoms with E-state index in [1.165, 1.54) is 18.4 Å². The predicted octanol–water partition coefficient (Wildman–Crippen LogP) is 5.17. The molecular weight excluding hydrogens is 448 g/mol. The molecule has 0 aliphatic carbocycles. The fourth-order valence-electron chi connectivity index (χ4n) is 3.11. The molecule has 0 saturated heterocycles. The Morgan fingerprint density at radius 2 is 1.75 bits per heavy atom. The van der Waals surface area contributed by atoms with Crippen LogP contribution in [0.15, 0.2) is 60.7 Å². The van der Waals surface area contributed by atoms with E-state index in [-0.39, 0.29) is 30.7 Å². The Labute approximate surface area is 195 Å². The molecule has 0 aliphatic rings. The van der Waals surface area contributed by atoms with Crippen LogP contribution in [0, 0.1) is 6.92 Å². The van der Waals surface area contributed by atoms with Crippen molar-refractivity contribution < 1.29 is 19.1 Å². The lowest BCUT2D eigenvalue weighted by atomic mass is 10.2. The van der Waals surface area contributed by atoms with Gasteiger partial charge in [-0.15, -0.1) is 11.3 Å². The number of hydrogen-bond donors (Lipinski definition) is 1. The first-order chi connectivity index (χ1) is 15.4. The number of ether oxygens (including phenoxy) is 1. The fraction of sp³-hybridized carbons (Fsp3) is 0.208. The number of rotatable bonds is 8. The zero-order valence-electron chi connectivity index (χ0n) is 17.8. The highest BCUT2D eigenvalue weighted by atomic mass is 35.5. The van der Waals surface area contributed by atoms with E-state index in [0.29, 0.717) is 27.0 Å². The van der Waals surface area contributed by atoms with Crippen molar-refractivity contribution in [3.05, 3.63) is 87.3 Å². The first kappa shape index (κ1) is 23.5. The molecule has 0 radical (unpaired) electrons. The highest BCUT2D eigenvalue weighted by Crippen LogP contribution is 2.29. The van der Waals surface area contributed by atoms with E-state index < -0.39 is 0 Å². The molecule has 0 fully saturated rings. The van der Waals surface area contributed by atoms with E-state index in [1.807, 2.05) is 37.3 Å². The third-order valence-electron chi connectivity index (χ3n) is 4.78. The Morgan fingerprint density at radius 3 is 2.44 bits per heavy atom. The van der Waals surface area contributed by atoms with Crippen molar-refractivity contribution in [2.24, 2.45) is 0 Å². The molecule has 1 heterocycles. The summed E-state index contributed by atoms with van der Waals surface area (Å²) in [5.74, 6) is -0.937. The molecule has 0 unspecified atom stereocenters. The summed E-state index contributed by atoms with van der Waals surface area (Å²) in [4.78, 5) is 39.7. The van der Waals surface area contributed by atoms with Crippen molar-refractivity contribution >= 4 is 45.7 Å². The summed E-state index contributed by atoms with van der Waals surface area (Å²) in [6, 6.07) is 18.1. The van der Waals surface area contributed by atoms with Crippen LogP contribution in [0.5, 0.6) is 0 Å². The molecule has 0 bridgehead atoms. The number of aryl methyl sites for hydroxylation is 1. The number of benzene rings is 2. The molecule has 0 spiro atoms. The lowest BCUT2D eigenvalue weighted by Crippen LogP contribution is -2.32. The van der Waals surface area contributed by atoms with Crippen molar-refractivity contribution in [1.29, 1.82) is 0 Å². The van der Waals surface area contributed by atoms with Crippen LogP contribution in [0.3, 0.4) is 0 Å². The highest BCUT2D eigenvalue weighted by molar-refractivity contribution is 7.18. The molecule has 0 aliphatic heterocycles. The molecule has 166 valence electrons. The summed E-state index contributed by atoms with van der Waals surface area (Å²) in [5.41, 5.74) is 2.05. The lowest BCUT2D eigenvalue weighted by Gasteiger charge is -2.22. The molecule has 1 aromatic heterocycles. The number of methoxy groups -OCH3 is 1. The molecule has 2 aromatic carbocycles. The predicted molar refractivity (Wildman–Crippen MR) is 126 cm³/mol. The standard InChI is InChI=1S/C24H23ClN2O4S/c1-16-14-20(26-23(29)18-10-6-7-11-19(18)25)32-22(16)24(30)27(13-12-21(28)31-2)15-17-8-4-3-5-9-17/h3-11,14H,12-13,15H2,1-2H3,(H,26,29). The largest absolute Gasteiger partial charge is 0.469 e. The van der Waals surface area contributed by atoms with Gasteiger partial charge in [-0.3, -0.25) is 14.4 Å². The number of nitrogens with one attached hydrogen (secondary N) is 1. The Balaban J connectivity index is 1.79. The molecular formula is C24H23ClN2O4S. The maximum absolute atomic E-state index is 13.3. The second-order valence-corrected chi connectivity index (χ2v) is 8.55. The number of amides is 2. The summed E-state index contributed by atoms with van der Waals surface area (Å²) in [7, 11) is 1.32. The van der Waals surface area contributed by atoms with Gasteiger partial charge in [-0.25, -0.2) is 0 Å². The first-order valence-corrected chi connectivity index (χ1v) is 11.1. The molecule has 0 saturated carbocycles. The maximum atomic E-state index is 13.3. The lowest BCUT2D eigenvalue weighted by molar-refractivity contribution is -0.140. The number of carbonyl (C=O) groups is 3. The third kappa shape index (κ3) is 5.96. The number of halogens is 1. The topological polar surface area (TPSA) is 75.7 Å². The molecule has 32 heavy (non-hydrogen) atoms. The van der Waals surface area contributed by atoms with Gasteiger partial charge in [0.2, 0.25) is 0 Å². The van der Waals surface area contributed by atoms with Gasteiger partial charge < -0.3 is 15.0 Å². The van der Waals surface area contributed by atoms with Gasteiger partial charge in [-0.05, 0) is 36.2 Å². The third-order valence-corrected chi connectivity index (χ3v) is 6.25. The monoisotopic (exact) mass is 470 g/mol. The van der Waals surface area contributed by atoms with E-state index in [4.69, 9.17) is 16.3 Å². The Kier molecular flexibility index (Phi) is 8.03. The number of anilines is 1. The number of nitrogens with zero attached hydrogens (tertiary/aromatic N) is 1. The Bertz CT molecular complexity index is 1110. The minimum atomic E-state index is -0.383. The average molecular weight is 471 g/mol.